The van der Waals surface area contributed by atoms with Gasteiger partial charge in [0.05, 0.1) is 10.5 Å². The third kappa shape index (κ3) is 1.92. The van der Waals surface area contributed by atoms with Gasteiger partial charge in [0.2, 0.25) is 0 Å². The Bertz CT molecular complexity index is 376. The largest absolute Gasteiger partial charge is 0.298 e. The summed E-state index contributed by atoms with van der Waals surface area (Å²) in [4.78, 5) is 20.4. The van der Waals surface area contributed by atoms with Crippen LogP contribution in [0.4, 0.5) is 5.69 Å². The highest BCUT2D eigenvalue weighted by Gasteiger charge is 2.14. The number of benzene rings is 1. The summed E-state index contributed by atoms with van der Waals surface area (Å²) in [5.41, 5.74) is 0.662. The second-order valence-electron chi connectivity index (χ2n) is 2.54. The molecule has 0 saturated heterocycles. The Labute approximate surface area is 82.8 Å². The van der Waals surface area contributed by atoms with Crippen LogP contribution in [0.25, 0.3) is 0 Å². The molecule has 0 fully saturated rings. The summed E-state index contributed by atoms with van der Waals surface area (Å²) in [6.45, 7) is 1.73. The highest BCUT2D eigenvalue weighted by molar-refractivity contribution is 9.10. The molecule has 0 aliphatic heterocycles. The fourth-order valence-corrected chi connectivity index (χ4v) is 1.30. The molecule has 68 valence electrons. The predicted octanol–water partition coefficient (Wildman–Crippen LogP) is 2.48. The first-order chi connectivity index (χ1) is 6.06. The number of hydrogen-bond acceptors (Lipinski definition) is 3. The van der Waals surface area contributed by atoms with Gasteiger partial charge >= 0.3 is 0 Å². The number of carbonyl (C=O) groups excluding carboxylic acids is 1. The summed E-state index contributed by atoms with van der Waals surface area (Å²) in [6.07, 6.45) is 0.475. The van der Waals surface area contributed by atoms with Gasteiger partial charge in [-0.25, -0.2) is 0 Å². The molecule has 0 aromatic heterocycles. The van der Waals surface area contributed by atoms with Crippen molar-refractivity contribution in [1.29, 1.82) is 0 Å². The monoisotopic (exact) mass is 243 g/mol. The fourth-order valence-electron chi connectivity index (χ4n) is 0.934. The maximum Gasteiger partial charge on any atom is 0.280 e. The minimum atomic E-state index is -0.566. The van der Waals surface area contributed by atoms with Crippen LogP contribution < -0.4 is 0 Å². The predicted molar refractivity (Wildman–Crippen MR) is 50.9 cm³/mol. The van der Waals surface area contributed by atoms with Crippen LogP contribution in [0.1, 0.15) is 15.9 Å². The van der Waals surface area contributed by atoms with Gasteiger partial charge in [0, 0.05) is 10.5 Å². The molecule has 0 spiro atoms. The Morgan fingerprint density at radius 3 is 2.62 bits per heavy atom. The lowest BCUT2D eigenvalue weighted by Crippen LogP contribution is -1.95. The molecule has 1 aromatic carbocycles. The van der Waals surface area contributed by atoms with E-state index in [4.69, 9.17) is 0 Å². The van der Waals surface area contributed by atoms with E-state index in [1.165, 1.54) is 12.1 Å². The number of hydrogen-bond donors (Lipinski definition) is 0. The smallest absolute Gasteiger partial charge is 0.280 e. The minimum absolute atomic E-state index is 0.0856. The average molecular weight is 244 g/mol. The van der Waals surface area contributed by atoms with Crippen LogP contribution in [0, 0.1) is 17.0 Å². The zero-order chi connectivity index (χ0) is 10.0. The lowest BCUT2D eigenvalue weighted by Gasteiger charge is -1.99. The summed E-state index contributed by atoms with van der Waals surface area (Å²) in [7, 11) is 0. The van der Waals surface area contributed by atoms with E-state index in [1.54, 1.807) is 6.92 Å². The molecule has 0 heterocycles. The highest BCUT2D eigenvalue weighted by atomic mass is 79.9. The van der Waals surface area contributed by atoms with Crippen LogP contribution in [0.5, 0.6) is 0 Å². The second kappa shape index (κ2) is 3.66. The Morgan fingerprint density at radius 2 is 2.15 bits per heavy atom. The Hall–Kier alpha value is -1.23. The number of nitro benzene ring substituents is 1. The maximum absolute atomic E-state index is 10.5. The number of nitro groups is 1. The van der Waals surface area contributed by atoms with Crippen molar-refractivity contribution < 1.29 is 9.72 Å². The first-order valence-corrected chi connectivity index (χ1v) is 4.25. The second-order valence-corrected chi connectivity index (χ2v) is 3.39. The lowest BCUT2D eigenvalue weighted by molar-refractivity contribution is -0.385. The third-order valence-corrected chi connectivity index (χ3v) is 2.49. The van der Waals surface area contributed by atoms with Crippen molar-refractivity contribution in [2.45, 2.75) is 6.92 Å². The van der Waals surface area contributed by atoms with E-state index >= 15 is 0 Å². The molecule has 0 amide bonds. The topological polar surface area (TPSA) is 60.2 Å². The first kappa shape index (κ1) is 9.85. The molecular weight excluding hydrogens is 238 g/mol. The Kier molecular flexibility index (Phi) is 2.77. The highest BCUT2D eigenvalue weighted by Crippen LogP contribution is 2.25. The van der Waals surface area contributed by atoms with E-state index in [2.05, 4.69) is 15.9 Å². The van der Waals surface area contributed by atoms with Crippen LogP contribution in [0.2, 0.25) is 0 Å². The SMILES string of the molecule is Cc1cc([N+](=O)[O-])c(C=O)cc1Br. The molecule has 1 aromatic rings. The van der Waals surface area contributed by atoms with Crippen molar-refractivity contribution in [3.8, 4) is 0 Å². The number of aldehydes is 1. The van der Waals surface area contributed by atoms with Crippen molar-refractivity contribution >= 4 is 27.9 Å². The van der Waals surface area contributed by atoms with Crippen LogP contribution in [0.15, 0.2) is 16.6 Å². The van der Waals surface area contributed by atoms with Crippen molar-refractivity contribution in [3.05, 3.63) is 37.8 Å². The summed E-state index contributed by atoms with van der Waals surface area (Å²) in [5.74, 6) is 0. The minimum Gasteiger partial charge on any atom is -0.298 e. The van der Waals surface area contributed by atoms with Crippen LogP contribution in [-0.4, -0.2) is 11.2 Å². The number of carbonyl (C=O) groups is 1. The van der Waals surface area contributed by atoms with Crippen molar-refractivity contribution in [3.63, 3.8) is 0 Å². The van der Waals surface area contributed by atoms with E-state index in [0.29, 0.717) is 10.8 Å². The van der Waals surface area contributed by atoms with Crippen molar-refractivity contribution in [2.24, 2.45) is 0 Å². The van der Waals surface area contributed by atoms with E-state index in [0.717, 1.165) is 5.56 Å². The van der Waals surface area contributed by atoms with Crippen LogP contribution in [0.3, 0.4) is 0 Å². The number of rotatable bonds is 2. The van der Waals surface area contributed by atoms with Crippen molar-refractivity contribution in [1.82, 2.24) is 0 Å². The molecule has 1 rings (SSSR count). The molecule has 0 aliphatic carbocycles. The van der Waals surface area contributed by atoms with Gasteiger partial charge in [-0.15, -0.1) is 0 Å². The fraction of sp³-hybridized carbons (Fsp3) is 0.125. The maximum atomic E-state index is 10.5. The molecule has 0 saturated carbocycles. The van der Waals surface area contributed by atoms with Gasteiger partial charge in [0.1, 0.15) is 0 Å². The molecule has 5 heteroatoms. The standard InChI is InChI=1S/C8H6BrNO3/c1-5-2-8(10(12)13)6(4-11)3-7(5)9/h2-4H,1H3. The molecule has 0 N–H and O–H groups in total. The number of halogens is 1. The van der Waals surface area contributed by atoms with Gasteiger partial charge in [0.15, 0.2) is 6.29 Å². The molecule has 13 heavy (non-hydrogen) atoms. The van der Waals surface area contributed by atoms with Gasteiger partial charge < -0.3 is 0 Å². The first-order valence-electron chi connectivity index (χ1n) is 3.46. The third-order valence-electron chi connectivity index (χ3n) is 1.63. The molecule has 0 aliphatic rings. The molecule has 0 radical (unpaired) electrons. The zero-order valence-corrected chi connectivity index (χ0v) is 8.37. The molecule has 4 nitrogen and oxygen atoms in total. The summed E-state index contributed by atoms with van der Waals surface area (Å²) >= 11 is 3.19. The molecular formula is C8H6BrNO3. The van der Waals surface area contributed by atoms with Gasteiger partial charge in [-0.2, -0.15) is 0 Å². The normalized spacial score (nSPS) is 9.69. The van der Waals surface area contributed by atoms with Crippen LogP contribution in [-0.2, 0) is 0 Å². The van der Waals surface area contributed by atoms with E-state index in [1.807, 2.05) is 0 Å². The van der Waals surface area contributed by atoms with Gasteiger partial charge in [-0.05, 0) is 18.6 Å². The van der Waals surface area contributed by atoms with Gasteiger partial charge in [0.25, 0.3) is 5.69 Å². The quantitative estimate of drug-likeness (QED) is 0.456. The van der Waals surface area contributed by atoms with E-state index in [9.17, 15) is 14.9 Å². The van der Waals surface area contributed by atoms with Crippen LogP contribution >= 0.6 is 15.9 Å². The molecule has 0 unspecified atom stereocenters. The number of aryl methyl sites for hydroxylation is 1. The van der Waals surface area contributed by atoms with Gasteiger partial charge in [-0.1, -0.05) is 15.9 Å². The van der Waals surface area contributed by atoms with Crippen molar-refractivity contribution in [2.75, 3.05) is 0 Å². The van der Waals surface area contributed by atoms with E-state index < -0.39 is 4.92 Å². The van der Waals surface area contributed by atoms with Gasteiger partial charge in [-0.3, -0.25) is 14.9 Å². The lowest BCUT2D eigenvalue weighted by atomic mass is 10.1. The summed E-state index contributed by atoms with van der Waals surface area (Å²) in [5, 5.41) is 10.5. The molecule has 0 bridgehead atoms. The molecule has 0 atom stereocenters. The summed E-state index contributed by atoms with van der Waals surface area (Å²) in [6, 6.07) is 2.81. The Balaban J connectivity index is 3.41. The Morgan fingerprint density at radius 1 is 1.54 bits per heavy atom. The summed E-state index contributed by atoms with van der Waals surface area (Å²) < 4.78 is 0.695. The number of nitrogens with zero attached hydrogens (tertiary/aromatic N) is 1. The zero-order valence-electron chi connectivity index (χ0n) is 6.78. The van der Waals surface area contributed by atoms with E-state index in [-0.39, 0.29) is 11.3 Å². The average Bonchev–Trinajstić information content (AvgIpc) is 2.08.